The largest absolute Gasteiger partial charge is 0.382 e. The third-order valence-electron chi connectivity index (χ3n) is 2.42. The molecule has 0 bridgehead atoms. The summed E-state index contributed by atoms with van der Waals surface area (Å²) in [5.41, 5.74) is 5.19. The molecule has 0 aliphatic carbocycles. The molecule has 3 N–H and O–H groups in total. The summed E-state index contributed by atoms with van der Waals surface area (Å²) in [5.74, 6) is -1.86. The second kappa shape index (κ2) is 9.17. The summed E-state index contributed by atoms with van der Waals surface area (Å²) >= 11 is 1.62. The first kappa shape index (κ1) is 19.0. The molecule has 1 aromatic carbocycles. The number of nitrogens with one attached hydrogen (secondary N) is 1. The molecule has 0 amide bonds. The predicted octanol–water partition coefficient (Wildman–Crippen LogP) is 3.52. The number of anilines is 1. The van der Waals surface area contributed by atoms with E-state index < -0.39 is 17.2 Å². The summed E-state index contributed by atoms with van der Waals surface area (Å²) in [6, 6.07) is 3.85. The van der Waals surface area contributed by atoms with Gasteiger partial charge in [0.2, 0.25) is 0 Å². The number of thiocyanates is 1. The first-order valence-electron chi connectivity index (χ1n) is 6.54. The van der Waals surface area contributed by atoms with Gasteiger partial charge in [-0.25, -0.2) is 13.8 Å². The number of nitrogens with zero attached hydrogens (tertiary/aromatic N) is 2. The summed E-state index contributed by atoms with van der Waals surface area (Å²) < 4.78 is 26.5. The van der Waals surface area contributed by atoms with Crippen LogP contribution < -0.4 is 11.3 Å². The number of H-pyrrole nitrogens is 1. The Morgan fingerprint density at radius 2 is 2.09 bits per heavy atom. The first-order valence-corrected chi connectivity index (χ1v) is 8.34. The molecule has 0 atom stereocenters. The van der Waals surface area contributed by atoms with E-state index in [1.807, 2.05) is 13.8 Å². The molecule has 1 heterocycles. The van der Waals surface area contributed by atoms with Crippen molar-refractivity contribution in [1.82, 2.24) is 9.97 Å². The smallest absolute Gasteiger partial charge is 0.268 e. The Morgan fingerprint density at radius 1 is 1.39 bits per heavy atom. The van der Waals surface area contributed by atoms with Crippen LogP contribution in [0.25, 0.3) is 0 Å². The molecule has 0 unspecified atom stereocenters. The van der Waals surface area contributed by atoms with Gasteiger partial charge in [-0.15, -0.1) is 0 Å². The number of halogens is 2. The number of nitriles is 1. The van der Waals surface area contributed by atoms with Gasteiger partial charge in [0.05, 0.1) is 0 Å². The molecule has 2 aromatic rings. The Hall–Kier alpha value is -2.05. The van der Waals surface area contributed by atoms with Gasteiger partial charge in [-0.3, -0.25) is 4.79 Å². The van der Waals surface area contributed by atoms with Crippen LogP contribution in [0.15, 0.2) is 33.0 Å². The number of benzene rings is 1. The molecular weight excluding hydrogens is 342 g/mol. The monoisotopic (exact) mass is 356 g/mol. The number of thioether (sulfide) groups is 2. The number of hydrogen-bond acceptors (Lipinski definition) is 6. The highest BCUT2D eigenvalue weighted by atomic mass is 32.2. The van der Waals surface area contributed by atoms with Gasteiger partial charge in [-0.1, -0.05) is 37.7 Å². The second-order valence-electron chi connectivity index (χ2n) is 3.78. The fourth-order valence-electron chi connectivity index (χ4n) is 1.48. The molecule has 0 aliphatic heterocycles. The number of nitrogen functional groups attached to an aromatic ring is 1. The number of rotatable bonds is 4. The molecule has 5 nitrogen and oxygen atoms in total. The molecule has 0 saturated carbocycles. The van der Waals surface area contributed by atoms with E-state index in [4.69, 9.17) is 11.0 Å². The number of nitrogens with two attached hydrogens (primary N) is 1. The van der Waals surface area contributed by atoms with Gasteiger partial charge in [0, 0.05) is 11.3 Å². The van der Waals surface area contributed by atoms with Crippen molar-refractivity contribution in [2.45, 2.75) is 29.7 Å². The van der Waals surface area contributed by atoms with Gasteiger partial charge < -0.3 is 10.7 Å². The highest BCUT2D eigenvalue weighted by molar-refractivity contribution is 8.03. The SMILES string of the molecule is CC.N#CSc1c(N)nc(SCc2cccc(F)c2F)[nH]c1=O. The van der Waals surface area contributed by atoms with Crippen molar-refractivity contribution in [3.8, 4) is 5.40 Å². The van der Waals surface area contributed by atoms with Crippen LogP contribution in [-0.4, -0.2) is 9.97 Å². The molecule has 0 aliphatic rings. The Morgan fingerprint density at radius 3 is 2.70 bits per heavy atom. The maximum Gasteiger partial charge on any atom is 0.268 e. The third-order valence-corrected chi connectivity index (χ3v) is 4.04. The Kier molecular flexibility index (Phi) is 7.57. The molecule has 2 rings (SSSR count). The van der Waals surface area contributed by atoms with Crippen LogP contribution in [0.2, 0.25) is 0 Å². The van der Waals surface area contributed by atoms with E-state index in [1.54, 1.807) is 5.40 Å². The molecule has 9 heteroatoms. The molecule has 23 heavy (non-hydrogen) atoms. The average molecular weight is 356 g/mol. The fourth-order valence-corrected chi connectivity index (χ4v) is 2.71. The lowest BCUT2D eigenvalue weighted by atomic mass is 10.2. The van der Waals surface area contributed by atoms with Crippen molar-refractivity contribution < 1.29 is 8.78 Å². The standard InChI is InChI=1S/C12H8F2N4OS2.C2H6/c13-7-3-1-2-6(8(7)14)4-20-12-17-10(16)9(21-5-15)11(19)18-12;1-2/h1-3H,4H2,(H3,16,17,18,19);1-2H3. The summed E-state index contributed by atoms with van der Waals surface area (Å²) in [6.07, 6.45) is 0. The van der Waals surface area contributed by atoms with Crippen molar-refractivity contribution in [1.29, 1.82) is 5.26 Å². The van der Waals surface area contributed by atoms with Crippen molar-refractivity contribution in [2.24, 2.45) is 0 Å². The van der Waals surface area contributed by atoms with Crippen LogP contribution in [0.5, 0.6) is 0 Å². The number of hydrogen-bond donors (Lipinski definition) is 2. The topological polar surface area (TPSA) is 95.6 Å². The van der Waals surface area contributed by atoms with E-state index in [0.29, 0.717) is 11.8 Å². The Bertz CT molecular complexity index is 774. The third kappa shape index (κ3) is 4.97. The second-order valence-corrected chi connectivity index (χ2v) is 5.54. The maximum absolute atomic E-state index is 13.5. The van der Waals surface area contributed by atoms with Gasteiger partial charge in [0.1, 0.15) is 16.1 Å². The van der Waals surface area contributed by atoms with E-state index in [-0.39, 0.29) is 27.2 Å². The van der Waals surface area contributed by atoms with Crippen molar-refractivity contribution in [3.63, 3.8) is 0 Å². The molecule has 0 saturated heterocycles. The zero-order valence-electron chi connectivity index (χ0n) is 12.4. The Balaban J connectivity index is 0.00000127. The molecule has 1 aromatic heterocycles. The maximum atomic E-state index is 13.5. The molecular formula is C14H14F2N4OS2. The Labute approximate surface area is 140 Å². The molecule has 0 spiro atoms. The van der Waals surface area contributed by atoms with E-state index in [9.17, 15) is 13.6 Å². The van der Waals surface area contributed by atoms with Crippen LogP contribution in [-0.2, 0) is 5.75 Å². The zero-order chi connectivity index (χ0) is 17.4. The zero-order valence-corrected chi connectivity index (χ0v) is 14.0. The van der Waals surface area contributed by atoms with E-state index in [0.717, 1.165) is 17.8 Å². The number of aromatic nitrogens is 2. The molecule has 0 fully saturated rings. The molecule has 0 radical (unpaired) electrons. The minimum atomic E-state index is -0.935. The van der Waals surface area contributed by atoms with Gasteiger partial charge in [0.15, 0.2) is 16.8 Å². The highest BCUT2D eigenvalue weighted by Crippen LogP contribution is 2.24. The fraction of sp³-hybridized carbons (Fsp3) is 0.214. The van der Waals surface area contributed by atoms with Crippen LogP contribution >= 0.6 is 23.5 Å². The van der Waals surface area contributed by atoms with Crippen LogP contribution in [0.4, 0.5) is 14.6 Å². The van der Waals surface area contributed by atoms with Crippen molar-refractivity contribution >= 4 is 29.3 Å². The summed E-state index contributed by atoms with van der Waals surface area (Å²) in [7, 11) is 0. The van der Waals surface area contributed by atoms with E-state index >= 15 is 0 Å². The normalized spacial score (nSPS) is 9.70. The lowest BCUT2D eigenvalue weighted by Gasteiger charge is -2.05. The van der Waals surface area contributed by atoms with Gasteiger partial charge in [-0.2, -0.15) is 5.26 Å². The number of aromatic amines is 1. The van der Waals surface area contributed by atoms with Crippen LogP contribution in [0, 0.1) is 22.3 Å². The lowest BCUT2D eigenvalue weighted by molar-refractivity contribution is 0.502. The highest BCUT2D eigenvalue weighted by Gasteiger charge is 2.12. The lowest BCUT2D eigenvalue weighted by Crippen LogP contribution is -2.14. The first-order chi connectivity index (χ1) is 11.0. The van der Waals surface area contributed by atoms with Crippen LogP contribution in [0.1, 0.15) is 19.4 Å². The van der Waals surface area contributed by atoms with E-state index in [2.05, 4.69) is 9.97 Å². The minimum Gasteiger partial charge on any atom is -0.382 e. The van der Waals surface area contributed by atoms with Crippen molar-refractivity contribution in [2.75, 3.05) is 5.73 Å². The predicted molar refractivity (Wildman–Crippen MR) is 88.0 cm³/mol. The van der Waals surface area contributed by atoms with E-state index in [1.165, 1.54) is 12.1 Å². The minimum absolute atomic E-state index is 0.0128. The summed E-state index contributed by atoms with van der Waals surface area (Å²) in [5, 5.41) is 10.4. The van der Waals surface area contributed by atoms with Crippen LogP contribution in [0.3, 0.4) is 0 Å². The average Bonchev–Trinajstić information content (AvgIpc) is 2.54. The van der Waals surface area contributed by atoms with Gasteiger partial charge >= 0.3 is 0 Å². The summed E-state index contributed by atoms with van der Waals surface area (Å²) in [6.45, 7) is 4.00. The van der Waals surface area contributed by atoms with Gasteiger partial charge in [0.25, 0.3) is 5.56 Å². The quantitative estimate of drug-likeness (QED) is 0.494. The molecule has 122 valence electrons. The van der Waals surface area contributed by atoms with Crippen molar-refractivity contribution in [3.05, 3.63) is 45.8 Å². The van der Waals surface area contributed by atoms with Gasteiger partial charge in [-0.05, 0) is 17.8 Å². The summed E-state index contributed by atoms with van der Waals surface area (Å²) in [4.78, 5) is 18.1.